The van der Waals surface area contributed by atoms with E-state index in [1.54, 1.807) is 0 Å². The standard InChI is InChI=1S/C18H23BrN2O2/c1-12(14-4-2-6-16(19)10-14)20-17(22)15-5-3-9-21(11-15)18(23)13-7-8-13/h2,4,6,10,12-13,15H,3,5,7-9,11H2,1H3,(H,20,22)/t12-,15+/m0/s1. The van der Waals surface area contributed by atoms with Crippen molar-refractivity contribution in [1.29, 1.82) is 0 Å². The van der Waals surface area contributed by atoms with E-state index in [1.165, 1.54) is 0 Å². The number of rotatable bonds is 4. The molecule has 0 radical (unpaired) electrons. The van der Waals surface area contributed by atoms with Crippen LogP contribution in [0.4, 0.5) is 0 Å². The Morgan fingerprint density at radius 1 is 1.26 bits per heavy atom. The average molecular weight is 379 g/mol. The summed E-state index contributed by atoms with van der Waals surface area (Å²) in [6.07, 6.45) is 3.82. The molecule has 2 atom stereocenters. The maximum Gasteiger partial charge on any atom is 0.225 e. The van der Waals surface area contributed by atoms with Crippen LogP contribution in [0.15, 0.2) is 28.7 Å². The van der Waals surface area contributed by atoms with Crippen LogP contribution in [0.5, 0.6) is 0 Å². The fraction of sp³-hybridized carbons (Fsp3) is 0.556. The van der Waals surface area contributed by atoms with E-state index in [0.29, 0.717) is 6.54 Å². The highest BCUT2D eigenvalue weighted by atomic mass is 79.9. The van der Waals surface area contributed by atoms with Crippen molar-refractivity contribution in [2.45, 2.75) is 38.6 Å². The largest absolute Gasteiger partial charge is 0.349 e. The molecule has 124 valence electrons. The van der Waals surface area contributed by atoms with Gasteiger partial charge in [-0.2, -0.15) is 0 Å². The van der Waals surface area contributed by atoms with Crippen molar-refractivity contribution in [3.8, 4) is 0 Å². The monoisotopic (exact) mass is 378 g/mol. The third kappa shape index (κ3) is 4.14. The van der Waals surface area contributed by atoms with Crippen LogP contribution in [0.25, 0.3) is 0 Å². The first kappa shape index (κ1) is 16.5. The molecule has 1 aliphatic carbocycles. The Bertz CT molecular complexity index is 600. The van der Waals surface area contributed by atoms with Crippen molar-refractivity contribution in [3.05, 3.63) is 34.3 Å². The van der Waals surface area contributed by atoms with Crippen molar-refractivity contribution < 1.29 is 9.59 Å². The maximum atomic E-state index is 12.6. The molecular weight excluding hydrogens is 356 g/mol. The summed E-state index contributed by atoms with van der Waals surface area (Å²) in [6.45, 7) is 3.38. The summed E-state index contributed by atoms with van der Waals surface area (Å²) in [6, 6.07) is 7.95. The number of piperidine rings is 1. The summed E-state index contributed by atoms with van der Waals surface area (Å²) in [5.74, 6) is 0.465. The van der Waals surface area contributed by atoms with Crippen molar-refractivity contribution in [3.63, 3.8) is 0 Å². The van der Waals surface area contributed by atoms with Crippen LogP contribution in [0.3, 0.4) is 0 Å². The molecule has 5 heteroatoms. The van der Waals surface area contributed by atoms with E-state index in [1.807, 2.05) is 36.1 Å². The number of hydrogen-bond donors (Lipinski definition) is 1. The Labute approximate surface area is 145 Å². The molecule has 2 aliphatic rings. The van der Waals surface area contributed by atoms with E-state index in [0.717, 1.165) is 42.3 Å². The first-order valence-electron chi connectivity index (χ1n) is 8.39. The van der Waals surface area contributed by atoms with Gasteiger partial charge >= 0.3 is 0 Å². The van der Waals surface area contributed by atoms with Gasteiger partial charge in [-0.3, -0.25) is 9.59 Å². The van der Waals surface area contributed by atoms with Crippen molar-refractivity contribution in [2.75, 3.05) is 13.1 Å². The molecule has 2 fully saturated rings. The number of nitrogens with zero attached hydrogens (tertiary/aromatic N) is 1. The van der Waals surface area contributed by atoms with Gasteiger partial charge in [0.2, 0.25) is 11.8 Å². The summed E-state index contributed by atoms with van der Waals surface area (Å²) >= 11 is 3.46. The first-order chi connectivity index (χ1) is 11.0. The van der Waals surface area contributed by atoms with Crippen LogP contribution in [0.2, 0.25) is 0 Å². The zero-order valence-electron chi connectivity index (χ0n) is 13.4. The molecule has 2 amide bonds. The fourth-order valence-electron chi connectivity index (χ4n) is 3.17. The zero-order chi connectivity index (χ0) is 16.4. The number of likely N-dealkylation sites (tertiary alicyclic amines) is 1. The van der Waals surface area contributed by atoms with Gasteiger partial charge in [-0.15, -0.1) is 0 Å². The molecule has 0 aromatic heterocycles. The van der Waals surface area contributed by atoms with Gasteiger partial charge in [0.1, 0.15) is 0 Å². The molecule has 3 rings (SSSR count). The van der Waals surface area contributed by atoms with Crippen LogP contribution in [0, 0.1) is 11.8 Å². The summed E-state index contributed by atoms with van der Waals surface area (Å²) < 4.78 is 1.01. The topological polar surface area (TPSA) is 49.4 Å². The second-order valence-corrected chi connectivity index (χ2v) is 7.60. The smallest absolute Gasteiger partial charge is 0.225 e. The highest BCUT2D eigenvalue weighted by Crippen LogP contribution is 2.32. The van der Waals surface area contributed by atoms with Crippen molar-refractivity contribution >= 4 is 27.7 Å². The second kappa shape index (κ2) is 7.04. The molecule has 4 nitrogen and oxygen atoms in total. The van der Waals surface area contributed by atoms with Crippen LogP contribution < -0.4 is 5.32 Å². The third-order valence-corrected chi connectivity index (χ3v) is 5.23. The number of halogens is 1. The Hall–Kier alpha value is -1.36. The highest BCUT2D eigenvalue weighted by Gasteiger charge is 2.36. The first-order valence-corrected chi connectivity index (χ1v) is 9.18. The van der Waals surface area contributed by atoms with Gasteiger partial charge in [-0.1, -0.05) is 28.1 Å². The van der Waals surface area contributed by atoms with Gasteiger partial charge < -0.3 is 10.2 Å². The van der Waals surface area contributed by atoms with E-state index in [4.69, 9.17) is 0 Å². The molecule has 1 aliphatic heterocycles. The predicted octanol–water partition coefficient (Wildman–Crippen LogP) is 3.27. The van der Waals surface area contributed by atoms with Crippen LogP contribution in [-0.4, -0.2) is 29.8 Å². The lowest BCUT2D eigenvalue weighted by Gasteiger charge is -2.32. The molecule has 1 aromatic rings. The summed E-state index contributed by atoms with van der Waals surface area (Å²) in [7, 11) is 0. The average Bonchev–Trinajstić information content (AvgIpc) is 3.39. The van der Waals surface area contributed by atoms with E-state index in [9.17, 15) is 9.59 Å². The van der Waals surface area contributed by atoms with E-state index in [-0.39, 0.29) is 29.7 Å². The van der Waals surface area contributed by atoms with Crippen molar-refractivity contribution in [1.82, 2.24) is 10.2 Å². The number of benzene rings is 1. The van der Waals surface area contributed by atoms with Gasteiger partial charge in [0, 0.05) is 23.5 Å². The Kier molecular flexibility index (Phi) is 5.05. The molecular formula is C18H23BrN2O2. The SMILES string of the molecule is C[C@H](NC(=O)[C@@H]1CCCN(C(=O)C2CC2)C1)c1cccc(Br)c1. The van der Waals surface area contributed by atoms with Crippen LogP contribution in [0.1, 0.15) is 44.2 Å². The Morgan fingerprint density at radius 3 is 2.74 bits per heavy atom. The molecule has 1 N–H and O–H groups in total. The Balaban J connectivity index is 1.57. The van der Waals surface area contributed by atoms with Crippen molar-refractivity contribution in [2.24, 2.45) is 11.8 Å². The molecule has 0 bridgehead atoms. The minimum atomic E-state index is -0.0824. The van der Waals surface area contributed by atoms with E-state index < -0.39 is 0 Å². The van der Waals surface area contributed by atoms with Gasteiger partial charge in [0.15, 0.2) is 0 Å². The predicted molar refractivity (Wildman–Crippen MR) is 92.7 cm³/mol. The second-order valence-electron chi connectivity index (χ2n) is 6.68. The molecule has 0 spiro atoms. The highest BCUT2D eigenvalue weighted by molar-refractivity contribution is 9.10. The zero-order valence-corrected chi connectivity index (χ0v) is 15.0. The van der Waals surface area contributed by atoms with Crippen LogP contribution in [-0.2, 0) is 9.59 Å². The number of carbonyl (C=O) groups is 2. The number of hydrogen-bond acceptors (Lipinski definition) is 2. The molecule has 1 heterocycles. The van der Waals surface area contributed by atoms with Gasteiger partial charge in [-0.25, -0.2) is 0 Å². The van der Waals surface area contributed by atoms with Gasteiger partial charge in [-0.05, 0) is 50.3 Å². The maximum absolute atomic E-state index is 12.6. The van der Waals surface area contributed by atoms with E-state index in [2.05, 4.69) is 21.2 Å². The number of carbonyl (C=O) groups excluding carboxylic acids is 2. The summed E-state index contributed by atoms with van der Waals surface area (Å²) in [4.78, 5) is 26.7. The third-order valence-electron chi connectivity index (χ3n) is 4.74. The molecule has 1 saturated carbocycles. The van der Waals surface area contributed by atoms with E-state index >= 15 is 0 Å². The lowest BCUT2D eigenvalue weighted by atomic mass is 9.96. The lowest BCUT2D eigenvalue weighted by molar-refractivity contribution is -0.137. The quantitative estimate of drug-likeness (QED) is 0.873. The Morgan fingerprint density at radius 2 is 2.04 bits per heavy atom. The molecule has 1 aromatic carbocycles. The summed E-state index contributed by atoms with van der Waals surface area (Å²) in [5.41, 5.74) is 1.08. The molecule has 23 heavy (non-hydrogen) atoms. The van der Waals surface area contributed by atoms with Gasteiger partial charge in [0.05, 0.1) is 12.0 Å². The summed E-state index contributed by atoms with van der Waals surface area (Å²) in [5, 5.41) is 3.10. The molecule has 1 saturated heterocycles. The minimum absolute atomic E-state index is 0.0329. The van der Waals surface area contributed by atoms with Crippen LogP contribution >= 0.6 is 15.9 Å². The molecule has 0 unspecified atom stereocenters. The fourth-order valence-corrected chi connectivity index (χ4v) is 3.59. The van der Waals surface area contributed by atoms with Gasteiger partial charge in [0.25, 0.3) is 0 Å². The minimum Gasteiger partial charge on any atom is -0.349 e. The number of nitrogens with one attached hydrogen (secondary N) is 1. The number of amides is 2. The normalized spacial score (nSPS) is 22.5. The lowest BCUT2D eigenvalue weighted by Crippen LogP contribution is -2.46.